The summed E-state index contributed by atoms with van der Waals surface area (Å²) in [5.41, 5.74) is 8.37. The van der Waals surface area contributed by atoms with Crippen LogP contribution < -0.4 is 10.9 Å². The molecule has 2 fully saturated rings. The second-order valence-corrected chi connectivity index (χ2v) is 7.99. The summed E-state index contributed by atoms with van der Waals surface area (Å²) in [5.74, 6) is -0.591. The number of aliphatic hydroxyl groups excluding tert-OH is 1. The molecule has 4 unspecified atom stereocenters. The zero-order valence-corrected chi connectivity index (χ0v) is 16.7. The van der Waals surface area contributed by atoms with E-state index < -0.39 is 6.04 Å². The quantitative estimate of drug-likeness (QED) is 0.598. The largest absolute Gasteiger partial charge is 0.508 e. The van der Waals surface area contributed by atoms with Crippen molar-refractivity contribution in [2.24, 2.45) is 5.92 Å². The average molecular weight is 420 g/mol. The van der Waals surface area contributed by atoms with E-state index in [-0.39, 0.29) is 42.1 Å². The Labute approximate surface area is 173 Å². The molecule has 2 aliphatic rings. The van der Waals surface area contributed by atoms with E-state index in [1.165, 1.54) is 12.1 Å². The minimum absolute atomic E-state index is 0.0291. The Morgan fingerprint density at radius 3 is 2.55 bits per heavy atom. The van der Waals surface area contributed by atoms with Crippen LogP contribution in [0.2, 0.25) is 5.02 Å². The van der Waals surface area contributed by atoms with Crippen molar-refractivity contribution in [1.29, 1.82) is 0 Å². The molecule has 1 amide bonds. The van der Waals surface area contributed by atoms with Crippen molar-refractivity contribution in [2.45, 2.75) is 31.5 Å². The summed E-state index contributed by atoms with van der Waals surface area (Å²) in [4.78, 5) is 14.8. The summed E-state index contributed by atoms with van der Waals surface area (Å²) in [5, 5.41) is 20.4. The van der Waals surface area contributed by atoms with Crippen LogP contribution in [0.4, 0.5) is 4.39 Å². The molecular weight excluding hydrogens is 397 g/mol. The smallest absolute Gasteiger partial charge is 0.242 e. The van der Waals surface area contributed by atoms with Gasteiger partial charge >= 0.3 is 0 Å². The second-order valence-electron chi connectivity index (χ2n) is 7.59. The first kappa shape index (κ1) is 20.1. The van der Waals surface area contributed by atoms with Crippen molar-refractivity contribution in [2.75, 3.05) is 13.2 Å². The maximum absolute atomic E-state index is 13.5. The number of amides is 1. The van der Waals surface area contributed by atoms with Crippen molar-refractivity contribution in [3.05, 3.63) is 63.9 Å². The molecule has 0 radical (unpaired) electrons. The number of phenols is 1. The van der Waals surface area contributed by atoms with E-state index in [9.17, 15) is 19.4 Å². The molecule has 2 aromatic rings. The lowest BCUT2D eigenvalue weighted by Crippen LogP contribution is -2.41. The fourth-order valence-corrected chi connectivity index (χ4v) is 4.62. The number of nitrogens with zero attached hydrogens (tertiary/aromatic N) is 1. The second kappa shape index (κ2) is 7.91. The van der Waals surface area contributed by atoms with Crippen LogP contribution >= 0.6 is 11.6 Å². The Morgan fingerprint density at radius 2 is 1.86 bits per heavy atom. The van der Waals surface area contributed by atoms with E-state index in [1.807, 2.05) is 6.92 Å². The van der Waals surface area contributed by atoms with Gasteiger partial charge in [-0.2, -0.15) is 0 Å². The zero-order valence-electron chi connectivity index (χ0n) is 15.9. The van der Waals surface area contributed by atoms with Crippen molar-refractivity contribution in [3.8, 4) is 5.75 Å². The number of carbonyl (C=O) groups is 1. The lowest BCUT2D eigenvalue weighted by molar-refractivity contribution is -0.130. The topological polar surface area (TPSA) is 84.8 Å². The number of aromatic hydroxyl groups is 1. The van der Waals surface area contributed by atoms with Gasteiger partial charge in [-0.15, -0.1) is 0 Å². The SMILES string of the molecule is Cc1cc(O)c(C2NNC3C(=O)N(CCCO)C(c4ccc(F)cc4)C32)cc1Cl. The van der Waals surface area contributed by atoms with Crippen LogP contribution in [-0.4, -0.2) is 40.2 Å². The number of rotatable bonds is 5. The third kappa shape index (κ3) is 3.48. The lowest BCUT2D eigenvalue weighted by Gasteiger charge is -2.31. The molecule has 0 bridgehead atoms. The Hall–Kier alpha value is -2.19. The highest BCUT2D eigenvalue weighted by Crippen LogP contribution is 2.49. The first-order valence-electron chi connectivity index (χ1n) is 9.59. The minimum Gasteiger partial charge on any atom is -0.508 e. The predicted octanol–water partition coefficient (Wildman–Crippen LogP) is 2.59. The van der Waals surface area contributed by atoms with Gasteiger partial charge in [0, 0.05) is 29.7 Å². The number of hydrazine groups is 1. The van der Waals surface area contributed by atoms with Gasteiger partial charge < -0.3 is 15.1 Å². The van der Waals surface area contributed by atoms with Crippen molar-refractivity contribution < 1.29 is 19.4 Å². The molecule has 6 nitrogen and oxygen atoms in total. The molecule has 0 aromatic heterocycles. The number of nitrogens with one attached hydrogen (secondary N) is 2. The number of aliphatic hydroxyl groups is 1. The molecule has 0 saturated carbocycles. The summed E-state index contributed by atoms with van der Waals surface area (Å²) in [6.45, 7) is 2.17. The number of hydrogen-bond acceptors (Lipinski definition) is 5. The number of hydrogen-bond donors (Lipinski definition) is 4. The Balaban J connectivity index is 1.77. The van der Waals surface area contributed by atoms with Crippen LogP contribution in [0, 0.1) is 18.7 Å². The van der Waals surface area contributed by atoms with Crippen molar-refractivity contribution in [1.82, 2.24) is 15.8 Å². The standard InChI is InChI=1S/C21H23ClFN3O3/c1-11-9-16(28)14(10-15(11)22)18-17-19(25-24-18)21(29)26(7-2-8-27)20(17)12-3-5-13(23)6-4-12/h3-6,9-10,17-20,24-25,27-28H,2,7-8H2,1H3. The third-order valence-corrected chi connectivity index (χ3v) is 6.23. The highest BCUT2D eigenvalue weighted by molar-refractivity contribution is 6.31. The number of likely N-dealkylation sites (tertiary alicyclic amines) is 1. The van der Waals surface area contributed by atoms with Gasteiger partial charge in [0.05, 0.1) is 12.1 Å². The number of phenolic OH excluding ortho intramolecular Hbond substituents is 1. The molecule has 154 valence electrons. The van der Waals surface area contributed by atoms with Crippen LogP contribution in [-0.2, 0) is 4.79 Å². The Morgan fingerprint density at radius 1 is 1.17 bits per heavy atom. The van der Waals surface area contributed by atoms with Gasteiger partial charge in [-0.25, -0.2) is 15.2 Å². The molecule has 4 atom stereocenters. The number of aryl methyl sites for hydroxylation is 1. The summed E-state index contributed by atoms with van der Waals surface area (Å²) in [7, 11) is 0. The van der Waals surface area contributed by atoms with Crippen LogP contribution in [0.5, 0.6) is 5.75 Å². The van der Waals surface area contributed by atoms with E-state index in [1.54, 1.807) is 29.2 Å². The van der Waals surface area contributed by atoms with Crippen molar-refractivity contribution in [3.63, 3.8) is 0 Å². The van der Waals surface area contributed by atoms with Crippen LogP contribution in [0.1, 0.15) is 35.2 Å². The molecule has 0 aliphatic carbocycles. The molecular formula is C21H23ClFN3O3. The third-order valence-electron chi connectivity index (χ3n) is 5.83. The molecule has 2 heterocycles. The molecule has 2 saturated heterocycles. The predicted molar refractivity (Wildman–Crippen MR) is 107 cm³/mol. The highest BCUT2D eigenvalue weighted by Gasteiger charge is 2.55. The number of fused-ring (bicyclic) bond motifs is 1. The van der Waals surface area contributed by atoms with Crippen LogP contribution in [0.15, 0.2) is 36.4 Å². The van der Waals surface area contributed by atoms with Gasteiger partial charge in [-0.1, -0.05) is 23.7 Å². The van der Waals surface area contributed by atoms with Gasteiger partial charge in [-0.05, 0) is 48.7 Å². The summed E-state index contributed by atoms with van der Waals surface area (Å²) >= 11 is 6.30. The van der Waals surface area contributed by atoms with E-state index in [2.05, 4.69) is 10.9 Å². The van der Waals surface area contributed by atoms with Crippen LogP contribution in [0.3, 0.4) is 0 Å². The van der Waals surface area contributed by atoms with E-state index in [0.29, 0.717) is 23.6 Å². The van der Waals surface area contributed by atoms with Crippen molar-refractivity contribution >= 4 is 17.5 Å². The van der Waals surface area contributed by atoms with Gasteiger partial charge in [0.2, 0.25) is 5.91 Å². The number of benzene rings is 2. The van der Waals surface area contributed by atoms with Gasteiger partial charge in [0.1, 0.15) is 17.6 Å². The maximum Gasteiger partial charge on any atom is 0.242 e. The molecule has 2 aliphatic heterocycles. The number of carbonyl (C=O) groups excluding carboxylic acids is 1. The first-order valence-corrected chi connectivity index (χ1v) is 9.97. The Kier molecular flexibility index (Phi) is 5.48. The fourth-order valence-electron chi connectivity index (χ4n) is 4.45. The summed E-state index contributed by atoms with van der Waals surface area (Å²) in [6.07, 6.45) is 0.447. The molecule has 8 heteroatoms. The van der Waals surface area contributed by atoms with E-state index in [4.69, 9.17) is 11.6 Å². The van der Waals surface area contributed by atoms with Gasteiger partial charge in [0.25, 0.3) is 0 Å². The maximum atomic E-state index is 13.5. The van der Waals surface area contributed by atoms with Gasteiger partial charge in [0.15, 0.2) is 0 Å². The minimum atomic E-state index is -0.506. The molecule has 2 aromatic carbocycles. The first-order chi connectivity index (χ1) is 13.9. The van der Waals surface area contributed by atoms with Gasteiger partial charge in [-0.3, -0.25) is 4.79 Å². The lowest BCUT2D eigenvalue weighted by atomic mass is 9.83. The van der Waals surface area contributed by atoms with Crippen LogP contribution in [0.25, 0.3) is 0 Å². The van der Waals surface area contributed by atoms with E-state index >= 15 is 0 Å². The fraction of sp³-hybridized carbons (Fsp3) is 0.381. The molecule has 4 rings (SSSR count). The monoisotopic (exact) mass is 419 g/mol. The zero-order chi connectivity index (χ0) is 20.7. The highest BCUT2D eigenvalue weighted by atomic mass is 35.5. The molecule has 4 N–H and O–H groups in total. The Bertz CT molecular complexity index is 924. The van der Waals surface area contributed by atoms with E-state index in [0.717, 1.165) is 11.1 Å². The molecule has 0 spiro atoms. The normalized spacial score (nSPS) is 26.2. The summed E-state index contributed by atoms with van der Waals surface area (Å²) in [6, 6.07) is 8.22. The summed E-state index contributed by atoms with van der Waals surface area (Å²) < 4.78 is 13.5. The average Bonchev–Trinajstić information content (AvgIpc) is 3.23. The molecule has 29 heavy (non-hydrogen) atoms. The number of halogens is 2.